The molecule has 2 aromatic rings. The first-order chi connectivity index (χ1) is 9.87. The summed E-state index contributed by atoms with van der Waals surface area (Å²) in [6.07, 6.45) is -3.60. The van der Waals surface area contributed by atoms with Gasteiger partial charge in [0.1, 0.15) is 0 Å². The fraction of sp³-hybridized carbons (Fsp3) is 0.294. The van der Waals surface area contributed by atoms with Crippen LogP contribution in [-0.4, -0.2) is 0 Å². The first-order valence-electron chi connectivity index (χ1n) is 6.86. The molecule has 0 saturated heterocycles. The molecular formula is C17H18F3N. The summed E-state index contributed by atoms with van der Waals surface area (Å²) in [5, 5.41) is 0. The number of nitrogens with two attached hydrogens (primary N) is 1. The molecule has 0 bridgehead atoms. The lowest BCUT2D eigenvalue weighted by Gasteiger charge is -2.31. The minimum Gasteiger partial charge on any atom is -0.321 e. The number of alkyl halides is 3. The lowest BCUT2D eigenvalue weighted by Crippen LogP contribution is -2.40. The van der Waals surface area contributed by atoms with Crippen LogP contribution in [0.25, 0.3) is 0 Å². The highest BCUT2D eigenvalue weighted by molar-refractivity contribution is 5.37. The lowest BCUT2D eigenvalue weighted by molar-refractivity contribution is -0.138. The molecule has 112 valence electrons. The van der Waals surface area contributed by atoms with Crippen LogP contribution >= 0.6 is 0 Å². The molecule has 4 heteroatoms. The van der Waals surface area contributed by atoms with E-state index in [0.29, 0.717) is 12.8 Å². The van der Waals surface area contributed by atoms with Crippen molar-refractivity contribution in [2.24, 2.45) is 5.73 Å². The van der Waals surface area contributed by atoms with Gasteiger partial charge in [0, 0.05) is 5.54 Å². The van der Waals surface area contributed by atoms with Gasteiger partial charge in [0.15, 0.2) is 0 Å². The number of hydrogen-bond acceptors (Lipinski definition) is 1. The monoisotopic (exact) mass is 293 g/mol. The SMILES string of the molecule is CCC(N)(Cc1ccccc1)c1ccccc1C(F)(F)F. The normalized spacial score (nSPS) is 14.7. The van der Waals surface area contributed by atoms with Crippen molar-refractivity contribution in [3.8, 4) is 0 Å². The molecule has 0 saturated carbocycles. The average molecular weight is 293 g/mol. The van der Waals surface area contributed by atoms with Crippen molar-refractivity contribution in [1.82, 2.24) is 0 Å². The molecule has 0 aliphatic carbocycles. The summed E-state index contributed by atoms with van der Waals surface area (Å²) in [4.78, 5) is 0. The van der Waals surface area contributed by atoms with E-state index in [-0.39, 0.29) is 5.56 Å². The molecule has 0 amide bonds. The van der Waals surface area contributed by atoms with E-state index in [1.54, 1.807) is 6.07 Å². The van der Waals surface area contributed by atoms with Gasteiger partial charge in [-0.1, -0.05) is 55.5 Å². The largest absolute Gasteiger partial charge is 0.416 e. The second-order valence-electron chi connectivity index (χ2n) is 5.22. The third-order valence-corrected chi connectivity index (χ3v) is 3.76. The standard InChI is InChI=1S/C17H18F3N/c1-2-16(21,12-13-8-4-3-5-9-13)14-10-6-7-11-15(14)17(18,19)20/h3-11H,2,12,21H2,1H3. The van der Waals surface area contributed by atoms with Crippen LogP contribution in [0.2, 0.25) is 0 Å². The Morgan fingerprint density at radius 3 is 1.90 bits per heavy atom. The first kappa shape index (κ1) is 15.6. The Labute approximate surface area is 122 Å². The van der Waals surface area contributed by atoms with Crippen LogP contribution in [-0.2, 0) is 18.1 Å². The molecule has 2 N–H and O–H groups in total. The molecule has 0 radical (unpaired) electrons. The zero-order valence-corrected chi connectivity index (χ0v) is 11.8. The smallest absolute Gasteiger partial charge is 0.321 e. The van der Waals surface area contributed by atoms with Crippen molar-refractivity contribution in [2.75, 3.05) is 0 Å². The summed E-state index contributed by atoms with van der Waals surface area (Å²) in [5.74, 6) is 0. The maximum Gasteiger partial charge on any atom is 0.416 e. The van der Waals surface area contributed by atoms with Crippen molar-refractivity contribution in [3.63, 3.8) is 0 Å². The molecule has 0 aliphatic heterocycles. The first-order valence-corrected chi connectivity index (χ1v) is 6.86. The van der Waals surface area contributed by atoms with E-state index in [2.05, 4.69) is 0 Å². The third-order valence-electron chi connectivity index (χ3n) is 3.76. The van der Waals surface area contributed by atoms with Crippen LogP contribution in [0.15, 0.2) is 54.6 Å². The minimum absolute atomic E-state index is 0.156. The van der Waals surface area contributed by atoms with Crippen LogP contribution in [0.4, 0.5) is 13.2 Å². The summed E-state index contributed by atoms with van der Waals surface area (Å²) < 4.78 is 39.6. The molecule has 0 aliphatic rings. The number of halogens is 3. The highest BCUT2D eigenvalue weighted by atomic mass is 19.4. The van der Waals surface area contributed by atoms with Crippen LogP contribution in [0, 0.1) is 0 Å². The van der Waals surface area contributed by atoms with Crippen LogP contribution in [0.5, 0.6) is 0 Å². The molecule has 0 aromatic heterocycles. The molecule has 2 rings (SSSR count). The molecular weight excluding hydrogens is 275 g/mol. The molecule has 0 heterocycles. The number of benzene rings is 2. The van der Waals surface area contributed by atoms with E-state index in [4.69, 9.17) is 5.73 Å². The van der Waals surface area contributed by atoms with Crippen molar-refractivity contribution in [2.45, 2.75) is 31.5 Å². The van der Waals surface area contributed by atoms with Crippen molar-refractivity contribution in [3.05, 3.63) is 71.3 Å². The molecule has 0 fully saturated rings. The van der Waals surface area contributed by atoms with Crippen molar-refractivity contribution >= 4 is 0 Å². The fourth-order valence-corrected chi connectivity index (χ4v) is 2.54. The predicted molar refractivity (Wildman–Crippen MR) is 77.7 cm³/mol. The molecule has 21 heavy (non-hydrogen) atoms. The van der Waals surface area contributed by atoms with Gasteiger partial charge in [0.05, 0.1) is 5.56 Å². The highest BCUT2D eigenvalue weighted by Gasteiger charge is 2.38. The highest BCUT2D eigenvalue weighted by Crippen LogP contribution is 2.38. The number of rotatable bonds is 4. The van der Waals surface area contributed by atoms with Gasteiger partial charge in [-0.3, -0.25) is 0 Å². The third kappa shape index (κ3) is 3.45. The average Bonchev–Trinajstić information content (AvgIpc) is 2.47. The Balaban J connectivity index is 2.46. The molecule has 0 spiro atoms. The van der Waals surface area contributed by atoms with Gasteiger partial charge in [0.25, 0.3) is 0 Å². The second kappa shape index (κ2) is 5.90. The lowest BCUT2D eigenvalue weighted by atomic mass is 9.80. The Morgan fingerprint density at radius 1 is 0.857 bits per heavy atom. The van der Waals surface area contributed by atoms with Gasteiger partial charge < -0.3 is 5.73 Å². The summed E-state index contributed by atoms with van der Waals surface area (Å²) in [6, 6.07) is 14.9. The van der Waals surface area contributed by atoms with Gasteiger partial charge in [-0.25, -0.2) is 0 Å². The number of hydrogen-bond donors (Lipinski definition) is 1. The van der Waals surface area contributed by atoms with Crippen molar-refractivity contribution in [1.29, 1.82) is 0 Å². The molecule has 1 nitrogen and oxygen atoms in total. The Hall–Kier alpha value is -1.81. The summed E-state index contributed by atoms with van der Waals surface area (Å²) in [5.41, 5.74) is 5.75. The summed E-state index contributed by atoms with van der Waals surface area (Å²) >= 11 is 0. The zero-order valence-electron chi connectivity index (χ0n) is 11.8. The van der Waals surface area contributed by atoms with E-state index >= 15 is 0 Å². The molecule has 1 unspecified atom stereocenters. The van der Waals surface area contributed by atoms with Gasteiger partial charge in [-0.05, 0) is 30.0 Å². The van der Waals surface area contributed by atoms with Gasteiger partial charge in [0.2, 0.25) is 0 Å². The van der Waals surface area contributed by atoms with Gasteiger partial charge >= 0.3 is 6.18 Å². The zero-order chi connectivity index (χ0) is 15.5. The maximum atomic E-state index is 13.2. The van der Waals surface area contributed by atoms with E-state index in [9.17, 15) is 13.2 Å². The summed E-state index contributed by atoms with van der Waals surface area (Å²) in [7, 11) is 0. The van der Waals surface area contributed by atoms with Crippen LogP contribution in [0.1, 0.15) is 30.0 Å². The fourth-order valence-electron chi connectivity index (χ4n) is 2.54. The quantitative estimate of drug-likeness (QED) is 0.881. The van der Waals surface area contributed by atoms with E-state index in [0.717, 1.165) is 11.6 Å². The Kier molecular flexibility index (Phi) is 4.37. The van der Waals surface area contributed by atoms with Gasteiger partial charge in [-0.2, -0.15) is 13.2 Å². The minimum atomic E-state index is -4.40. The Morgan fingerprint density at radius 2 is 1.38 bits per heavy atom. The maximum absolute atomic E-state index is 13.2. The Bertz CT molecular complexity index is 592. The van der Waals surface area contributed by atoms with Crippen LogP contribution in [0.3, 0.4) is 0 Å². The molecule has 1 atom stereocenters. The van der Waals surface area contributed by atoms with E-state index in [1.165, 1.54) is 12.1 Å². The van der Waals surface area contributed by atoms with Crippen LogP contribution < -0.4 is 5.73 Å². The molecule has 2 aromatic carbocycles. The van der Waals surface area contributed by atoms with E-state index in [1.807, 2.05) is 37.3 Å². The summed E-state index contributed by atoms with van der Waals surface area (Å²) in [6.45, 7) is 1.82. The topological polar surface area (TPSA) is 26.0 Å². The second-order valence-corrected chi connectivity index (χ2v) is 5.22. The van der Waals surface area contributed by atoms with E-state index < -0.39 is 17.3 Å². The van der Waals surface area contributed by atoms with Crippen molar-refractivity contribution < 1.29 is 13.2 Å². The predicted octanol–water partition coefficient (Wildman–Crippen LogP) is 4.51. The van der Waals surface area contributed by atoms with Gasteiger partial charge in [-0.15, -0.1) is 0 Å².